The van der Waals surface area contributed by atoms with Gasteiger partial charge in [0.1, 0.15) is 30.0 Å². The van der Waals surface area contributed by atoms with Crippen LogP contribution in [0.1, 0.15) is 6.92 Å². The lowest BCUT2D eigenvalue weighted by Crippen LogP contribution is -2.40. The third kappa shape index (κ3) is 4.29. The van der Waals surface area contributed by atoms with Crippen LogP contribution in [0.3, 0.4) is 0 Å². The van der Waals surface area contributed by atoms with Crippen molar-refractivity contribution < 1.29 is 23.0 Å². The molecular weight excluding hydrogens is 244 g/mol. The number of nitrogens with one attached hydrogen (secondary N) is 1. The number of rotatable bonds is 6. The second-order valence-electron chi connectivity index (χ2n) is 3.51. The third-order valence-electron chi connectivity index (χ3n) is 2.17. The van der Waals surface area contributed by atoms with Crippen LogP contribution in [-0.4, -0.2) is 32.3 Å². The van der Waals surface area contributed by atoms with Crippen LogP contribution in [0.25, 0.3) is 0 Å². The van der Waals surface area contributed by atoms with Gasteiger partial charge in [0.15, 0.2) is 0 Å². The van der Waals surface area contributed by atoms with Crippen LogP contribution in [0.15, 0.2) is 18.2 Å². The lowest BCUT2D eigenvalue weighted by Gasteiger charge is -2.15. The van der Waals surface area contributed by atoms with Gasteiger partial charge in [-0.05, 0) is 14.0 Å². The number of esters is 1. The minimum absolute atomic E-state index is 0.0250. The minimum atomic E-state index is -0.734. The Morgan fingerprint density at radius 1 is 1.33 bits per heavy atom. The predicted octanol–water partition coefficient (Wildman–Crippen LogP) is 1.49. The highest BCUT2D eigenvalue weighted by Gasteiger charge is 2.18. The quantitative estimate of drug-likeness (QED) is 0.786. The number of hydrogen-bond donors (Lipinski definition) is 1. The van der Waals surface area contributed by atoms with Crippen LogP contribution in [-0.2, 0) is 9.53 Å². The van der Waals surface area contributed by atoms with Gasteiger partial charge in [0.25, 0.3) is 0 Å². The first-order chi connectivity index (χ1) is 8.56. The molecule has 6 heteroatoms. The van der Waals surface area contributed by atoms with Crippen molar-refractivity contribution in [3.05, 3.63) is 29.8 Å². The number of ether oxygens (including phenoxy) is 2. The molecule has 1 aromatic rings. The van der Waals surface area contributed by atoms with Gasteiger partial charge < -0.3 is 14.8 Å². The molecule has 1 rings (SSSR count). The maximum Gasteiger partial charge on any atom is 0.326 e. The zero-order valence-corrected chi connectivity index (χ0v) is 10.2. The minimum Gasteiger partial charge on any atom is -0.491 e. The summed E-state index contributed by atoms with van der Waals surface area (Å²) < 4.78 is 35.7. The summed E-state index contributed by atoms with van der Waals surface area (Å²) in [5.41, 5.74) is 0. The van der Waals surface area contributed by atoms with Crippen molar-refractivity contribution in [2.75, 3.05) is 20.3 Å². The molecule has 0 saturated carbocycles. The van der Waals surface area contributed by atoms with E-state index >= 15 is 0 Å². The summed E-state index contributed by atoms with van der Waals surface area (Å²) in [6, 6.07) is 2.15. The lowest BCUT2D eigenvalue weighted by atomic mass is 10.3. The van der Waals surface area contributed by atoms with Gasteiger partial charge in [-0.15, -0.1) is 0 Å². The number of halogens is 2. The Labute approximate surface area is 104 Å². The van der Waals surface area contributed by atoms with Crippen LogP contribution in [0.5, 0.6) is 5.75 Å². The fourth-order valence-corrected chi connectivity index (χ4v) is 1.30. The summed E-state index contributed by atoms with van der Waals surface area (Å²) in [6.45, 7) is 1.87. The zero-order valence-electron chi connectivity index (χ0n) is 10.2. The summed E-state index contributed by atoms with van der Waals surface area (Å²) >= 11 is 0. The molecule has 0 bridgehead atoms. The molecule has 0 heterocycles. The van der Waals surface area contributed by atoms with E-state index in [4.69, 9.17) is 9.47 Å². The van der Waals surface area contributed by atoms with E-state index in [9.17, 15) is 13.6 Å². The van der Waals surface area contributed by atoms with Crippen molar-refractivity contribution in [3.63, 3.8) is 0 Å². The summed E-state index contributed by atoms with van der Waals surface area (Å²) in [7, 11) is 1.57. The molecule has 1 unspecified atom stereocenters. The van der Waals surface area contributed by atoms with Gasteiger partial charge in [0, 0.05) is 18.2 Å². The highest BCUT2D eigenvalue weighted by atomic mass is 19.1. The zero-order chi connectivity index (χ0) is 13.5. The first kappa shape index (κ1) is 14.4. The van der Waals surface area contributed by atoms with Crippen molar-refractivity contribution in [1.29, 1.82) is 0 Å². The lowest BCUT2D eigenvalue weighted by molar-refractivity contribution is -0.146. The van der Waals surface area contributed by atoms with Crippen LogP contribution >= 0.6 is 0 Å². The average molecular weight is 259 g/mol. The first-order valence-electron chi connectivity index (χ1n) is 5.49. The van der Waals surface area contributed by atoms with E-state index in [1.165, 1.54) is 0 Å². The first-order valence-corrected chi connectivity index (χ1v) is 5.49. The van der Waals surface area contributed by atoms with Gasteiger partial charge in [-0.3, -0.25) is 4.79 Å². The van der Waals surface area contributed by atoms with E-state index in [0.717, 1.165) is 18.2 Å². The molecule has 0 aromatic heterocycles. The molecule has 0 aliphatic rings. The highest BCUT2D eigenvalue weighted by molar-refractivity contribution is 5.75. The second kappa shape index (κ2) is 6.90. The molecule has 0 amide bonds. The number of carbonyl (C=O) groups excluding carboxylic acids is 1. The summed E-state index contributed by atoms with van der Waals surface area (Å²) in [5.74, 6) is -1.92. The van der Waals surface area contributed by atoms with Gasteiger partial charge >= 0.3 is 5.97 Å². The van der Waals surface area contributed by atoms with E-state index < -0.39 is 23.6 Å². The van der Waals surface area contributed by atoms with Crippen LogP contribution in [0, 0.1) is 11.6 Å². The summed E-state index contributed by atoms with van der Waals surface area (Å²) in [5, 5.41) is 2.70. The molecule has 1 atom stereocenters. The van der Waals surface area contributed by atoms with Crippen molar-refractivity contribution in [3.8, 4) is 5.75 Å². The fraction of sp³-hybridized carbons (Fsp3) is 0.417. The van der Waals surface area contributed by atoms with Crippen molar-refractivity contribution in [2.24, 2.45) is 0 Å². The molecule has 18 heavy (non-hydrogen) atoms. The topological polar surface area (TPSA) is 47.6 Å². The van der Waals surface area contributed by atoms with Crippen LogP contribution < -0.4 is 10.1 Å². The Morgan fingerprint density at radius 2 is 1.94 bits per heavy atom. The maximum absolute atomic E-state index is 12.9. The Hall–Kier alpha value is -1.69. The number of carbonyl (C=O) groups is 1. The van der Waals surface area contributed by atoms with Crippen molar-refractivity contribution in [2.45, 2.75) is 13.0 Å². The molecular formula is C12H15F2NO3. The van der Waals surface area contributed by atoms with Gasteiger partial charge in [-0.1, -0.05) is 0 Å². The summed E-state index contributed by atoms with van der Waals surface area (Å²) in [6.07, 6.45) is 0. The molecule has 0 aliphatic carbocycles. The fourth-order valence-electron chi connectivity index (χ4n) is 1.30. The normalized spacial score (nSPS) is 12.0. The molecule has 100 valence electrons. The average Bonchev–Trinajstić information content (AvgIpc) is 2.29. The third-order valence-corrected chi connectivity index (χ3v) is 2.17. The summed E-state index contributed by atoms with van der Waals surface area (Å²) in [4.78, 5) is 11.4. The van der Waals surface area contributed by atoms with Gasteiger partial charge in [-0.2, -0.15) is 0 Å². The van der Waals surface area contributed by atoms with Crippen molar-refractivity contribution in [1.82, 2.24) is 5.32 Å². The molecule has 4 nitrogen and oxygen atoms in total. The van der Waals surface area contributed by atoms with Gasteiger partial charge in [0.2, 0.25) is 0 Å². The predicted molar refractivity (Wildman–Crippen MR) is 61.3 cm³/mol. The van der Waals surface area contributed by atoms with Gasteiger partial charge in [0.05, 0.1) is 6.61 Å². The van der Waals surface area contributed by atoms with Crippen molar-refractivity contribution >= 4 is 5.97 Å². The highest BCUT2D eigenvalue weighted by Crippen LogP contribution is 2.15. The monoisotopic (exact) mass is 259 g/mol. The Kier molecular flexibility index (Phi) is 5.51. The molecule has 0 spiro atoms. The Bertz CT molecular complexity index is 392. The molecule has 1 N–H and O–H groups in total. The van der Waals surface area contributed by atoms with E-state index in [0.29, 0.717) is 0 Å². The Morgan fingerprint density at radius 3 is 2.44 bits per heavy atom. The number of hydrogen-bond acceptors (Lipinski definition) is 4. The van der Waals surface area contributed by atoms with E-state index in [-0.39, 0.29) is 19.0 Å². The number of likely N-dealkylation sites (N-methyl/N-ethyl adjacent to an activating group) is 1. The second-order valence-corrected chi connectivity index (χ2v) is 3.51. The SMILES string of the molecule is CCOC(=O)C(COc1cc(F)cc(F)c1)NC. The van der Waals surface area contributed by atoms with E-state index in [1.807, 2.05) is 0 Å². The van der Waals surface area contributed by atoms with Gasteiger partial charge in [-0.25, -0.2) is 8.78 Å². The van der Waals surface area contributed by atoms with E-state index in [1.54, 1.807) is 14.0 Å². The smallest absolute Gasteiger partial charge is 0.326 e. The molecule has 0 aliphatic heterocycles. The number of benzene rings is 1. The Balaban J connectivity index is 2.59. The molecule has 1 aromatic carbocycles. The van der Waals surface area contributed by atoms with E-state index in [2.05, 4.69) is 5.32 Å². The molecule has 0 fully saturated rings. The standard InChI is InChI=1S/C12H15F2NO3/c1-3-17-12(16)11(15-2)7-18-10-5-8(13)4-9(14)6-10/h4-6,11,15H,3,7H2,1-2H3. The van der Waals surface area contributed by atoms with Crippen LogP contribution in [0.2, 0.25) is 0 Å². The molecule has 0 radical (unpaired) electrons. The largest absolute Gasteiger partial charge is 0.491 e. The molecule has 0 saturated heterocycles. The van der Waals surface area contributed by atoms with Crippen LogP contribution in [0.4, 0.5) is 8.78 Å². The maximum atomic E-state index is 12.9.